The lowest BCUT2D eigenvalue weighted by Gasteiger charge is -2.04. The molecule has 0 aliphatic carbocycles. The van der Waals surface area contributed by atoms with Crippen LogP contribution < -0.4 is 0 Å². The Morgan fingerprint density at radius 2 is 1.36 bits per heavy atom. The first-order chi connectivity index (χ1) is 10.6. The minimum absolute atomic E-state index is 0.219. The maximum atomic E-state index is 11.6. The largest absolute Gasteiger partial charge is 0.481 e. The van der Waals surface area contributed by atoms with Crippen LogP contribution in [0.3, 0.4) is 0 Å². The molecule has 0 aromatic carbocycles. The molecule has 0 saturated carbocycles. The second-order valence-corrected chi connectivity index (χ2v) is 6.15. The van der Waals surface area contributed by atoms with E-state index in [1.807, 2.05) is 0 Å². The van der Waals surface area contributed by atoms with Gasteiger partial charge in [-0.2, -0.15) is 0 Å². The van der Waals surface area contributed by atoms with Crippen LogP contribution >= 0.6 is 0 Å². The predicted molar refractivity (Wildman–Crippen MR) is 92.1 cm³/mol. The summed E-state index contributed by atoms with van der Waals surface area (Å²) in [6.45, 7) is 3.88. The van der Waals surface area contributed by atoms with Crippen LogP contribution in [0.2, 0.25) is 0 Å². The summed E-state index contributed by atoms with van der Waals surface area (Å²) in [4.78, 5) is 22.0. The SMILES string of the molecule is CCCCCCCC(=CCCCCCCCC(=O)O)C(C)=O. The second-order valence-electron chi connectivity index (χ2n) is 6.15. The average Bonchev–Trinajstić information content (AvgIpc) is 2.46. The van der Waals surface area contributed by atoms with Crippen molar-refractivity contribution >= 4 is 11.8 Å². The molecule has 0 atom stereocenters. The lowest BCUT2D eigenvalue weighted by molar-refractivity contribution is -0.137. The number of aliphatic carboxylic acids is 1. The van der Waals surface area contributed by atoms with E-state index >= 15 is 0 Å². The van der Waals surface area contributed by atoms with Crippen molar-refractivity contribution in [1.29, 1.82) is 0 Å². The van der Waals surface area contributed by atoms with Crippen LogP contribution in [0.25, 0.3) is 0 Å². The number of Topliss-reactive ketones (excluding diaryl/α,β-unsaturated/α-hetero) is 1. The van der Waals surface area contributed by atoms with E-state index in [4.69, 9.17) is 5.11 Å². The molecule has 1 N–H and O–H groups in total. The third-order valence-corrected chi connectivity index (χ3v) is 3.99. The Hall–Kier alpha value is -1.12. The summed E-state index contributed by atoms with van der Waals surface area (Å²) < 4.78 is 0. The molecule has 0 bridgehead atoms. The number of rotatable bonds is 15. The van der Waals surface area contributed by atoms with Gasteiger partial charge >= 0.3 is 5.97 Å². The van der Waals surface area contributed by atoms with Crippen LogP contribution in [0.5, 0.6) is 0 Å². The van der Waals surface area contributed by atoms with E-state index in [1.165, 1.54) is 25.7 Å². The highest BCUT2D eigenvalue weighted by molar-refractivity contribution is 5.93. The molecular formula is C19H34O3. The average molecular weight is 310 g/mol. The zero-order chi connectivity index (χ0) is 16.6. The molecule has 0 aliphatic rings. The van der Waals surface area contributed by atoms with Gasteiger partial charge in [-0.1, -0.05) is 57.9 Å². The standard InChI is InChI=1S/C19H34O3/c1-3-4-5-8-11-14-18(17(2)20)15-12-9-6-7-10-13-16-19(21)22/h15H,3-14,16H2,1-2H3,(H,21,22). The normalized spacial score (nSPS) is 11.6. The molecule has 3 nitrogen and oxygen atoms in total. The summed E-state index contributed by atoms with van der Waals surface area (Å²) in [6, 6.07) is 0. The molecule has 0 heterocycles. The van der Waals surface area contributed by atoms with Crippen LogP contribution in [0, 0.1) is 0 Å². The van der Waals surface area contributed by atoms with Gasteiger partial charge in [0.2, 0.25) is 0 Å². The van der Waals surface area contributed by atoms with Gasteiger partial charge in [0.15, 0.2) is 5.78 Å². The van der Waals surface area contributed by atoms with Gasteiger partial charge in [0.05, 0.1) is 0 Å². The van der Waals surface area contributed by atoms with Crippen LogP contribution in [0.15, 0.2) is 11.6 Å². The molecule has 22 heavy (non-hydrogen) atoms. The van der Waals surface area contributed by atoms with E-state index in [0.717, 1.165) is 56.9 Å². The van der Waals surface area contributed by atoms with E-state index in [9.17, 15) is 9.59 Å². The van der Waals surface area contributed by atoms with Crippen molar-refractivity contribution in [2.24, 2.45) is 0 Å². The van der Waals surface area contributed by atoms with Gasteiger partial charge in [0.1, 0.15) is 0 Å². The topological polar surface area (TPSA) is 54.4 Å². The number of carbonyl (C=O) groups excluding carboxylic acids is 1. The van der Waals surface area contributed by atoms with Crippen molar-refractivity contribution in [2.45, 2.75) is 97.3 Å². The fourth-order valence-electron chi connectivity index (χ4n) is 2.57. The highest BCUT2D eigenvalue weighted by Crippen LogP contribution is 2.14. The molecule has 128 valence electrons. The van der Waals surface area contributed by atoms with Gasteiger partial charge < -0.3 is 5.11 Å². The fourth-order valence-corrected chi connectivity index (χ4v) is 2.57. The van der Waals surface area contributed by atoms with Gasteiger partial charge in [0, 0.05) is 6.42 Å². The van der Waals surface area contributed by atoms with E-state index in [0.29, 0.717) is 0 Å². The van der Waals surface area contributed by atoms with Crippen LogP contribution in [0.1, 0.15) is 97.3 Å². The summed E-state index contributed by atoms with van der Waals surface area (Å²) in [5.41, 5.74) is 1.00. The van der Waals surface area contributed by atoms with Crippen LogP contribution in [0.4, 0.5) is 0 Å². The molecule has 0 unspecified atom stereocenters. The zero-order valence-electron chi connectivity index (χ0n) is 14.5. The summed E-state index contributed by atoms with van der Waals surface area (Å²) >= 11 is 0. The molecule has 0 fully saturated rings. The van der Waals surface area contributed by atoms with Gasteiger partial charge in [0.25, 0.3) is 0 Å². The Bertz CT molecular complexity index is 332. The van der Waals surface area contributed by atoms with Crippen molar-refractivity contribution < 1.29 is 14.7 Å². The molecule has 0 radical (unpaired) electrons. The fraction of sp³-hybridized carbons (Fsp3) is 0.789. The Balaban J connectivity index is 3.70. The van der Waals surface area contributed by atoms with E-state index in [-0.39, 0.29) is 12.2 Å². The van der Waals surface area contributed by atoms with Crippen molar-refractivity contribution in [3.8, 4) is 0 Å². The van der Waals surface area contributed by atoms with E-state index in [2.05, 4.69) is 13.0 Å². The molecule has 0 rings (SSSR count). The van der Waals surface area contributed by atoms with Crippen molar-refractivity contribution in [3.05, 3.63) is 11.6 Å². The number of hydrogen-bond donors (Lipinski definition) is 1. The maximum Gasteiger partial charge on any atom is 0.303 e. The second kappa shape index (κ2) is 14.8. The Morgan fingerprint density at radius 3 is 1.95 bits per heavy atom. The molecule has 0 aromatic heterocycles. The molecule has 3 heteroatoms. The maximum absolute atomic E-state index is 11.6. The van der Waals surface area contributed by atoms with Crippen LogP contribution in [-0.4, -0.2) is 16.9 Å². The molecule has 0 aliphatic heterocycles. The first kappa shape index (κ1) is 20.9. The number of hydrogen-bond acceptors (Lipinski definition) is 2. The first-order valence-electron chi connectivity index (χ1n) is 8.99. The molecular weight excluding hydrogens is 276 g/mol. The zero-order valence-corrected chi connectivity index (χ0v) is 14.5. The number of carboxylic acids is 1. The van der Waals surface area contributed by atoms with E-state index in [1.54, 1.807) is 6.92 Å². The monoisotopic (exact) mass is 310 g/mol. The molecule has 0 spiro atoms. The van der Waals surface area contributed by atoms with Gasteiger partial charge in [-0.15, -0.1) is 0 Å². The third kappa shape index (κ3) is 13.8. The predicted octanol–water partition coefficient (Wildman–Crippen LogP) is 5.68. The number of unbranched alkanes of at least 4 members (excludes halogenated alkanes) is 9. The van der Waals surface area contributed by atoms with Crippen molar-refractivity contribution in [2.75, 3.05) is 0 Å². The Kier molecular flexibility index (Phi) is 14.0. The quantitative estimate of drug-likeness (QED) is 0.313. The number of carboxylic acid groups (broad SMARTS) is 1. The molecule has 0 amide bonds. The molecule has 0 aromatic rings. The summed E-state index contributed by atoms with van der Waals surface area (Å²) in [7, 11) is 0. The lowest BCUT2D eigenvalue weighted by atomic mass is 10.0. The van der Waals surface area contributed by atoms with E-state index < -0.39 is 5.97 Å². The van der Waals surface area contributed by atoms with Gasteiger partial charge in [-0.3, -0.25) is 9.59 Å². The molecule has 0 saturated heterocycles. The summed E-state index contributed by atoms with van der Waals surface area (Å²) in [5, 5.41) is 8.55. The van der Waals surface area contributed by atoms with Crippen molar-refractivity contribution in [1.82, 2.24) is 0 Å². The number of carbonyl (C=O) groups is 2. The van der Waals surface area contributed by atoms with Gasteiger partial charge in [-0.25, -0.2) is 0 Å². The highest BCUT2D eigenvalue weighted by atomic mass is 16.4. The smallest absolute Gasteiger partial charge is 0.303 e. The lowest BCUT2D eigenvalue weighted by Crippen LogP contribution is -1.97. The summed E-state index contributed by atoms with van der Waals surface area (Å²) in [5.74, 6) is -0.482. The Morgan fingerprint density at radius 1 is 0.818 bits per heavy atom. The van der Waals surface area contributed by atoms with Crippen LogP contribution in [-0.2, 0) is 9.59 Å². The number of ketones is 1. The Labute approximate surface area is 136 Å². The van der Waals surface area contributed by atoms with Gasteiger partial charge in [-0.05, 0) is 44.6 Å². The number of allylic oxidation sites excluding steroid dienone is 2. The minimum atomic E-state index is -0.701. The minimum Gasteiger partial charge on any atom is -0.481 e. The highest BCUT2D eigenvalue weighted by Gasteiger charge is 2.03. The van der Waals surface area contributed by atoms with Crippen molar-refractivity contribution in [3.63, 3.8) is 0 Å². The summed E-state index contributed by atoms with van der Waals surface area (Å²) in [6.07, 6.45) is 15.6. The third-order valence-electron chi connectivity index (χ3n) is 3.99. The first-order valence-corrected chi connectivity index (χ1v) is 8.99.